The molecule has 7 heteroatoms. The van der Waals surface area contributed by atoms with E-state index in [0.717, 1.165) is 17.8 Å². The predicted molar refractivity (Wildman–Crippen MR) is 71.7 cm³/mol. The number of aliphatic hydroxyl groups excluding tert-OH is 1. The Labute approximate surface area is 119 Å². The number of hydrogen-bond acceptors (Lipinski definition) is 4. The molecule has 2 aromatic rings. The number of aliphatic hydroxyl groups is 1. The molecule has 112 valence electrons. The predicted octanol–water partition coefficient (Wildman–Crippen LogP) is 2.95. The molecule has 2 N–H and O–H groups in total. The van der Waals surface area contributed by atoms with Gasteiger partial charge in [-0.2, -0.15) is 13.2 Å². The Balaban J connectivity index is 2.03. The van der Waals surface area contributed by atoms with Gasteiger partial charge < -0.3 is 10.4 Å². The van der Waals surface area contributed by atoms with Crippen LogP contribution >= 0.6 is 0 Å². The Hall–Kier alpha value is -2.15. The third-order valence-corrected chi connectivity index (χ3v) is 2.83. The van der Waals surface area contributed by atoms with E-state index in [9.17, 15) is 18.3 Å². The van der Waals surface area contributed by atoms with Gasteiger partial charge in [-0.1, -0.05) is 29.8 Å². The van der Waals surface area contributed by atoms with E-state index in [4.69, 9.17) is 0 Å². The van der Waals surface area contributed by atoms with Gasteiger partial charge in [-0.15, -0.1) is 0 Å². The smallest absolute Gasteiger partial charge is 0.387 e. The summed E-state index contributed by atoms with van der Waals surface area (Å²) in [6.45, 7) is 1.91. The van der Waals surface area contributed by atoms with Crippen molar-refractivity contribution in [2.75, 3.05) is 11.9 Å². The third kappa shape index (κ3) is 4.16. The van der Waals surface area contributed by atoms with Gasteiger partial charge in [0.15, 0.2) is 0 Å². The van der Waals surface area contributed by atoms with Gasteiger partial charge in [0.05, 0.1) is 6.10 Å². The maximum absolute atomic E-state index is 12.5. The van der Waals surface area contributed by atoms with E-state index in [1.54, 1.807) is 18.2 Å². The average Bonchev–Trinajstić information content (AvgIpc) is 2.44. The second-order valence-corrected chi connectivity index (χ2v) is 4.57. The first-order chi connectivity index (χ1) is 9.86. The number of nitrogens with zero attached hydrogens (tertiary/aromatic N) is 2. The first-order valence-electron chi connectivity index (χ1n) is 6.25. The summed E-state index contributed by atoms with van der Waals surface area (Å²) in [6.07, 6.45) is -4.35. The van der Waals surface area contributed by atoms with Crippen LogP contribution in [-0.4, -0.2) is 21.6 Å². The number of halogens is 3. The monoisotopic (exact) mass is 297 g/mol. The van der Waals surface area contributed by atoms with Gasteiger partial charge in [0.2, 0.25) is 5.95 Å². The summed E-state index contributed by atoms with van der Waals surface area (Å²) in [6, 6.07) is 8.03. The van der Waals surface area contributed by atoms with Crippen molar-refractivity contribution in [2.45, 2.75) is 19.2 Å². The molecule has 21 heavy (non-hydrogen) atoms. The number of aromatic nitrogens is 2. The van der Waals surface area contributed by atoms with Crippen molar-refractivity contribution in [2.24, 2.45) is 0 Å². The number of rotatable bonds is 4. The maximum atomic E-state index is 12.5. The van der Waals surface area contributed by atoms with Crippen molar-refractivity contribution in [1.82, 2.24) is 9.97 Å². The lowest BCUT2D eigenvalue weighted by Crippen LogP contribution is -2.16. The van der Waals surface area contributed by atoms with Crippen molar-refractivity contribution in [1.29, 1.82) is 0 Å². The zero-order valence-electron chi connectivity index (χ0n) is 11.2. The van der Waals surface area contributed by atoms with Gasteiger partial charge in [-0.05, 0) is 18.6 Å². The summed E-state index contributed by atoms with van der Waals surface area (Å²) < 4.78 is 37.5. The molecule has 0 aliphatic rings. The van der Waals surface area contributed by atoms with Crippen molar-refractivity contribution < 1.29 is 18.3 Å². The zero-order chi connectivity index (χ0) is 15.5. The van der Waals surface area contributed by atoms with E-state index < -0.39 is 18.0 Å². The second kappa shape index (κ2) is 6.09. The fourth-order valence-electron chi connectivity index (χ4n) is 1.78. The molecule has 1 heterocycles. The molecule has 0 aliphatic carbocycles. The Bertz CT molecular complexity index is 616. The molecule has 1 atom stereocenters. The number of alkyl halides is 3. The van der Waals surface area contributed by atoms with Gasteiger partial charge in [-0.3, -0.25) is 0 Å². The van der Waals surface area contributed by atoms with E-state index in [1.165, 1.54) is 0 Å². The first kappa shape index (κ1) is 15.2. The number of benzene rings is 1. The van der Waals surface area contributed by atoms with Crippen molar-refractivity contribution >= 4 is 5.95 Å². The number of hydrogen-bond donors (Lipinski definition) is 2. The molecule has 1 aromatic carbocycles. The van der Waals surface area contributed by atoms with E-state index in [2.05, 4.69) is 15.3 Å². The fraction of sp³-hybridized carbons (Fsp3) is 0.286. The molecule has 0 fully saturated rings. The molecule has 0 aliphatic heterocycles. The highest BCUT2D eigenvalue weighted by Gasteiger charge is 2.32. The average molecular weight is 297 g/mol. The van der Waals surface area contributed by atoms with Gasteiger partial charge >= 0.3 is 6.18 Å². The molecule has 0 spiro atoms. The number of nitrogens with one attached hydrogen (secondary N) is 1. The molecule has 4 nitrogen and oxygen atoms in total. The minimum Gasteiger partial charge on any atom is -0.387 e. The van der Waals surface area contributed by atoms with Crippen molar-refractivity contribution in [3.63, 3.8) is 0 Å². The van der Waals surface area contributed by atoms with Crippen LogP contribution in [0.2, 0.25) is 0 Å². The SMILES string of the molecule is Cc1cccc(C(O)CNc2nccc(C(F)(F)F)n2)c1. The first-order valence-corrected chi connectivity index (χ1v) is 6.25. The van der Waals surface area contributed by atoms with Crippen LogP contribution in [0.4, 0.5) is 19.1 Å². The summed E-state index contributed by atoms with van der Waals surface area (Å²) >= 11 is 0. The second-order valence-electron chi connectivity index (χ2n) is 4.57. The minimum absolute atomic E-state index is 0.0186. The van der Waals surface area contributed by atoms with Crippen molar-refractivity contribution in [3.05, 3.63) is 53.3 Å². The molecule has 1 aromatic heterocycles. The lowest BCUT2D eigenvalue weighted by atomic mass is 10.1. The van der Waals surface area contributed by atoms with E-state index in [0.29, 0.717) is 5.56 Å². The van der Waals surface area contributed by atoms with E-state index >= 15 is 0 Å². The van der Waals surface area contributed by atoms with Gasteiger partial charge in [-0.25, -0.2) is 9.97 Å². The Kier molecular flexibility index (Phi) is 4.42. The van der Waals surface area contributed by atoms with Crippen LogP contribution in [0.25, 0.3) is 0 Å². The molecular formula is C14H14F3N3O. The Morgan fingerprint density at radius 3 is 2.71 bits per heavy atom. The topological polar surface area (TPSA) is 58.0 Å². The van der Waals surface area contributed by atoms with Crippen molar-refractivity contribution in [3.8, 4) is 0 Å². The highest BCUT2D eigenvalue weighted by Crippen LogP contribution is 2.27. The maximum Gasteiger partial charge on any atom is 0.433 e. The van der Waals surface area contributed by atoms with E-state index in [-0.39, 0.29) is 12.5 Å². The fourth-order valence-corrected chi connectivity index (χ4v) is 1.78. The molecule has 0 amide bonds. The van der Waals surface area contributed by atoms with Gasteiger partial charge in [0, 0.05) is 12.7 Å². The summed E-state index contributed by atoms with van der Waals surface area (Å²) in [5.74, 6) is -0.170. The quantitative estimate of drug-likeness (QED) is 0.911. The van der Waals surface area contributed by atoms with E-state index in [1.807, 2.05) is 13.0 Å². The minimum atomic E-state index is -4.52. The van der Waals surface area contributed by atoms with Crippen LogP contribution in [0.15, 0.2) is 36.5 Å². The van der Waals surface area contributed by atoms with Crippen LogP contribution in [0.3, 0.4) is 0 Å². The molecule has 0 saturated carbocycles. The number of anilines is 1. The molecule has 1 unspecified atom stereocenters. The Morgan fingerprint density at radius 1 is 1.29 bits per heavy atom. The summed E-state index contributed by atoms with van der Waals surface area (Å²) in [4.78, 5) is 7.07. The lowest BCUT2D eigenvalue weighted by Gasteiger charge is -2.13. The zero-order valence-corrected chi connectivity index (χ0v) is 11.2. The van der Waals surface area contributed by atoms with Crippen LogP contribution in [-0.2, 0) is 6.18 Å². The van der Waals surface area contributed by atoms with Gasteiger partial charge in [0.25, 0.3) is 0 Å². The molecular weight excluding hydrogens is 283 g/mol. The summed E-state index contributed by atoms with van der Waals surface area (Å²) in [5.41, 5.74) is 0.640. The third-order valence-electron chi connectivity index (χ3n) is 2.83. The van der Waals surface area contributed by atoms with Crippen LogP contribution in [0, 0.1) is 6.92 Å². The summed E-state index contributed by atoms with van der Waals surface area (Å²) in [7, 11) is 0. The van der Waals surface area contributed by atoms with Crippen LogP contribution < -0.4 is 5.32 Å². The summed E-state index contributed by atoms with van der Waals surface area (Å²) in [5, 5.41) is 12.6. The highest BCUT2D eigenvalue weighted by atomic mass is 19.4. The normalized spacial score (nSPS) is 13.0. The Morgan fingerprint density at radius 2 is 2.05 bits per heavy atom. The van der Waals surface area contributed by atoms with Crippen LogP contribution in [0.1, 0.15) is 22.9 Å². The molecule has 0 bridgehead atoms. The lowest BCUT2D eigenvalue weighted by molar-refractivity contribution is -0.141. The van der Waals surface area contributed by atoms with Gasteiger partial charge in [0.1, 0.15) is 5.69 Å². The standard InChI is InChI=1S/C14H14F3N3O/c1-9-3-2-4-10(7-9)11(21)8-19-13-18-6-5-12(20-13)14(15,16)17/h2-7,11,21H,8H2,1H3,(H,18,19,20). The largest absolute Gasteiger partial charge is 0.433 e. The molecule has 0 radical (unpaired) electrons. The molecule has 2 rings (SSSR count). The number of aryl methyl sites for hydroxylation is 1. The molecule has 0 saturated heterocycles. The van der Waals surface area contributed by atoms with Crippen LogP contribution in [0.5, 0.6) is 0 Å². The highest BCUT2D eigenvalue weighted by molar-refractivity contribution is 5.29.